The van der Waals surface area contributed by atoms with Crippen molar-refractivity contribution in [3.8, 4) is 11.6 Å². The molecular weight excluding hydrogens is 418 g/mol. The Bertz CT molecular complexity index is 975. The summed E-state index contributed by atoms with van der Waals surface area (Å²) in [6, 6.07) is 17.2. The third-order valence-electron chi connectivity index (χ3n) is 3.35. The fraction of sp³-hybridized carbons (Fsp3) is 0.0556. The number of aromatic nitrogens is 2. The third kappa shape index (κ3) is 4.53. The molecule has 0 aliphatic rings. The first-order chi connectivity index (χ1) is 12.5. The summed E-state index contributed by atoms with van der Waals surface area (Å²) < 4.78 is 2.28. The molecule has 2 aromatic carbocycles. The highest BCUT2D eigenvalue weighted by Crippen LogP contribution is 2.21. The minimum absolute atomic E-state index is 0.0405. The predicted molar refractivity (Wildman–Crippen MR) is 105 cm³/mol. The Morgan fingerprint density at radius 2 is 1.85 bits per heavy atom. The summed E-state index contributed by atoms with van der Waals surface area (Å²) >= 11 is 4.41. The fourth-order valence-electron chi connectivity index (χ4n) is 2.22. The topological polar surface area (TPSA) is 84.2 Å². The highest BCUT2D eigenvalue weighted by atomic mass is 79.9. The lowest BCUT2D eigenvalue weighted by atomic mass is 10.3. The second-order valence-electron chi connectivity index (χ2n) is 5.25. The molecule has 3 rings (SSSR count). The number of thioether (sulfide) groups is 1. The second kappa shape index (κ2) is 8.20. The molecule has 2 N–H and O–H groups in total. The molecule has 0 unspecified atom stereocenters. The molecule has 1 heterocycles. The van der Waals surface area contributed by atoms with Crippen molar-refractivity contribution in [2.75, 3.05) is 11.1 Å². The Kier molecular flexibility index (Phi) is 5.75. The monoisotopic (exact) mass is 431 g/mol. The number of hydrogen-bond acceptors (Lipinski definition) is 5. The Hall–Kier alpha value is -2.58. The molecule has 0 saturated carbocycles. The van der Waals surface area contributed by atoms with Gasteiger partial charge in [0.15, 0.2) is 5.16 Å². The maximum absolute atomic E-state index is 12.3. The van der Waals surface area contributed by atoms with Gasteiger partial charge in [-0.2, -0.15) is 4.98 Å². The molecule has 0 radical (unpaired) electrons. The lowest BCUT2D eigenvalue weighted by Crippen LogP contribution is -2.21. The fourth-order valence-corrected chi connectivity index (χ4v) is 3.30. The first-order valence-electron chi connectivity index (χ1n) is 7.59. The predicted octanol–water partition coefficient (Wildman–Crippen LogP) is 3.43. The normalized spacial score (nSPS) is 10.5. The number of carbonyl (C=O) groups excluding carboxylic acids is 1. The standard InChI is InChI=1S/C18H14BrN3O3S/c19-12-6-8-13(9-7-12)20-16(24)11-26-18-21-15(23)10-17(25)22(18)14-4-2-1-3-5-14/h1-10,23H,11H2,(H,20,24). The van der Waals surface area contributed by atoms with Crippen molar-refractivity contribution in [3.63, 3.8) is 0 Å². The summed E-state index contributed by atoms with van der Waals surface area (Å²) in [7, 11) is 0. The van der Waals surface area contributed by atoms with E-state index in [1.54, 1.807) is 36.4 Å². The quantitative estimate of drug-likeness (QED) is 0.477. The van der Waals surface area contributed by atoms with E-state index in [9.17, 15) is 14.7 Å². The number of benzene rings is 2. The molecule has 0 aliphatic carbocycles. The lowest BCUT2D eigenvalue weighted by molar-refractivity contribution is -0.113. The first kappa shape index (κ1) is 18.2. The Labute approximate surface area is 162 Å². The van der Waals surface area contributed by atoms with E-state index in [1.165, 1.54) is 4.57 Å². The number of nitrogens with zero attached hydrogens (tertiary/aromatic N) is 2. The van der Waals surface area contributed by atoms with E-state index in [2.05, 4.69) is 26.2 Å². The highest BCUT2D eigenvalue weighted by molar-refractivity contribution is 9.10. The molecule has 8 heteroatoms. The molecule has 0 aliphatic heterocycles. The van der Waals surface area contributed by atoms with Crippen molar-refractivity contribution in [2.45, 2.75) is 5.16 Å². The van der Waals surface area contributed by atoms with E-state index in [4.69, 9.17) is 0 Å². The zero-order chi connectivity index (χ0) is 18.5. The van der Waals surface area contributed by atoms with E-state index >= 15 is 0 Å². The summed E-state index contributed by atoms with van der Waals surface area (Å²) in [6.45, 7) is 0. The van der Waals surface area contributed by atoms with Gasteiger partial charge < -0.3 is 10.4 Å². The van der Waals surface area contributed by atoms with Crippen LogP contribution in [-0.4, -0.2) is 26.3 Å². The van der Waals surface area contributed by atoms with Crippen molar-refractivity contribution < 1.29 is 9.90 Å². The third-order valence-corrected chi connectivity index (χ3v) is 4.82. The van der Waals surface area contributed by atoms with Gasteiger partial charge in [0, 0.05) is 10.2 Å². The van der Waals surface area contributed by atoms with Crippen LogP contribution < -0.4 is 10.9 Å². The summed E-state index contributed by atoms with van der Waals surface area (Å²) in [4.78, 5) is 28.4. The van der Waals surface area contributed by atoms with Crippen molar-refractivity contribution >= 4 is 39.3 Å². The van der Waals surface area contributed by atoms with Crippen LogP contribution >= 0.6 is 27.7 Å². The van der Waals surface area contributed by atoms with Gasteiger partial charge in [-0.05, 0) is 36.4 Å². The van der Waals surface area contributed by atoms with Crippen LogP contribution in [0.5, 0.6) is 5.88 Å². The first-order valence-corrected chi connectivity index (χ1v) is 9.37. The van der Waals surface area contributed by atoms with E-state index in [0.29, 0.717) is 11.4 Å². The molecule has 6 nitrogen and oxygen atoms in total. The molecule has 1 amide bonds. The van der Waals surface area contributed by atoms with Gasteiger partial charge in [-0.3, -0.25) is 14.2 Å². The molecule has 0 saturated heterocycles. The van der Waals surface area contributed by atoms with Crippen molar-refractivity contribution in [1.29, 1.82) is 0 Å². The van der Waals surface area contributed by atoms with Crippen LogP contribution in [0.4, 0.5) is 5.69 Å². The van der Waals surface area contributed by atoms with Gasteiger partial charge >= 0.3 is 0 Å². The number of aromatic hydroxyl groups is 1. The largest absolute Gasteiger partial charge is 0.493 e. The van der Waals surface area contributed by atoms with Crippen molar-refractivity contribution in [3.05, 3.63) is 75.5 Å². The number of hydrogen-bond donors (Lipinski definition) is 2. The highest BCUT2D eigenvalue weighted by Gasteiger charge is 2.13. The van der Waals surface area contributed by atoms with E-state index in [-0.39, 0.29) is 22.7 Å². The van der Waals surface area contributed by atoms with Gasteiger partial charge in [0.1, 0.15) is 0 Å². The van der Waals surface area contributed by atoms with Crippen LogP contribution in [-0.2, 0) is 4.79 Å². The molecule has 0 spiro atoms. The number of halogens is 1. The van der Waals surface area contributed by atoms with Crippen LogP contribution in [0.3, 0.4) is 0 Å². The van der Waals surface area contributed by atoms with Crippen LogP contribution in [0, 0.1) is 0 Å². The molecule has 0 fully saturated rings. The number of amides is 1. The summed E-state index contributed by atoms with van der Waals surface area (Å²) in [5.74, 6) is -0.578. The second-order valence-corrected chi connectivity index (χ2v) is 7.11. The van der Waals surface area contributed by atoms with Gasteiger partial charge in [0.25, 0.3) is 5.56 Å². The maximum Gasteiger partial charge on any atom is 0.262 e. The van der Waals surface area contributed by atoms with Gasteiger partial charge in [-0.15, -0.1) is 0 Å². The molecule has 132 valence electrons. The van der Waals surface area contributed by atoms with Crippen LogP contribution in [0.1, 0.15) is 0 Å². The van der Waals surface area contributed by atoms with Gasteiger partial charge in [-0.1, -0.05) is 45.9 Å². The van der Waals surface area contributed by atoms with Gasteiger partial charge in [0.2, 0.25) is 11.8 Å². The van der Waals surface area contributed by atoms with E-state index < -0.39 is 5.56 Å². The summed E-state index contributed by atoms with van der Waals surface area (Å²) in [5, 5.41) is 12.7. The summed E-state index contributed by atoms with van der Waals surface area (Å²) in [6.07, 6.45) is 0. The average molecular weight is 432 g/mol. The minimum Gasteiger partial charge on any atom is -0.493 e. The molecule has 1 aromatic heterocycles. The zero-order valence-electron chi connectivity index (χ0n) is 13.4. The van der Waals surface area contributed by atoms with Crippen molar-refractivity contribution in [1.82, 2.24) is 9.55 Å². The average Bonchev–Trinajstić information content (AvgIpc) is 2.62. The van der Waals surface area contributed by atoms with E-state index in [0.717, 1.165) is 22.3 Å². The van der Waals surface area contributed by atoms with Crippen molar-refractivity contribution in [2.24, 2.45) is 0 Å². The molecular formula is C18H14BrN3O3S. The number of nitrogens with one attached hydrogen (secondary N) is 1. The summed E-state index contributed by atoms with van der Waals surface area (Å²) in [5.41, 5.74) is 0.864. The number of rotatable bonds is 5. The zero-order valence-corrected chi connectivity index (χ0v) is 15.8. The van der Waals surface area contributed by atoms with Crippen LogP contribution in [0.25, 0.3) is 5.69 Å². The van der Waals surface area contributed by atoms with E-state index in [1.807, 2.05) is 18.2 Å². The SMILES string of the molecule is O=C(CSc1nc(O)cc(=O)n1-c1ccccc1)Nc1ccc(Br)cc1. The smallest absolute Gasteiger partial charge is 0.262 e. The molecule has 0 bridgehead atoms. The Balaban J connectivity index is 1.78. The lowest BCUT2D eigenvalue weighted by Gasteiger charge is -2.11. The van der Waals surface area contributed by atoms with Crippen LogP contribution in [0.15, 0.2) is 75.1 Å². The Morgan fingerprint density at radius 3 is 2.54 bits per heavy atom. The van der Waals surface area contributed by atoms with Gasteiger partial charge in [0.05, 0.1) is 17.5 Å². The molecule has 0 atom stereocenters. The number of carbonyl (C=O) groups is 1. The number of para-hydroxylation sites is 1. The molecule has 3 aromatic rings. The number of anilines is 1. The van der Waals surface area contributed by atoms with Crippen LogP contribution in [0.2, 0.25) is 0 Å². The van der Waals surface area contributed by atoms with Gasteiger partial charge in [-0.25, -0.2) is 0 Å². The minimum atomic E-state index is -0.417. The molecule has 26 heavy (non-hydrogen) atoms. The Morgan fingerprint density at radius 1 is 1.15 bits per heavy atom. The maximum atomic E-state index is 12.3.